The number of hydrogen-bond acceptors (Lipinski definition) is 3. The van der Waals surface area contributed by atoms with Crippen molar-refractivity contribution >= 4 is 34.8 Å². The van der Waals surface area contributed by atoms with E-state index >= 15 is 0 Å². The van der Waals surface area contributed by atoms with Gasteiger partial charge in [-0.2, -0.15) is 0 Å². The summed E-state index contributed by atoms with van der Waals surface area (Å²) in [6, 6.07) is 19.9. The second kappa shape index (κ2) is 9.63. The largest absolute Gasteiger partial charge is 0.507 e. The molecule has 0 aromatic heterocycles. The lowest BCUT2D eigenvalue weighted by Gasteiger charge is -2.33. The Hall–Kier alpha value is -2.69. The van der Waals surface area contributed by atoms with Gasteiger partial charge in [-0.25, -0.2) is 0 Å². The van der Waals surface area contributed by atoms with E-state index in [9.17, 15) is 9.90 Å². The number of carbonyl (C=O) groups is 1. The number of amides is 1. The van der Waals surface area contributed by atoms with Crippen molar-refractivity contribution in [3.8, 4) is 11.5 Å². The number of hydrogen-bond donors (Lipinski definition) is 2. The third-order valence-corrected chi connectivity index (χ3v) is 6.07. The molecule has 0 spiro atoms. The molecule has 0 bridgehead atoms. The fourth-order valence-corrected chi connectivity index (χ4v) is 4.41. The Morgan fingerprint density at radius 3 is 2.45 bits per heavy atom. The summed E-state index contributed by atoms with van der Waals surface area (Å²) in [5, 5.41) is 13.7. The molecule has 31 heavy (non-hydrogen) atoms. The van der Waals surface area contributed by atoms with Crippen LogP contribution in [0.2, 0.25) is 10.0 Å². The number of phenols is 1. The molecule has 3 aromatic rings. The molecule has 0 radical (unpaired) electrons. The van der Waals surface area contributed by atoms with Crippen LogP contribution in [0.15, 0.2) is 66.7 Å². The first-order valence-electron chi connectivity index (χ1n) is 10.3. The predicted octanol–water partition coefficient (Wildman–Crippen LogP) is 7.06. The maximum atomic E-state index is 12.8. The molecule has 6 heteroatoms. The molecule has 1 saturated carbocycles. The topological polar surface area (TPSA) is 58.6 Å². The van der Waals surface area contributed by atoms with Gasteiger partial charge in [-0.3, -0.25) is 4.79 Å². The smallest absolute Gasteiger partial charge is 0.259 e. The van der Waals surface area contributed by atoms with Gasteiger partial charge in [0.25, 0.3) is 5.91 Å². The molecule has 0 unspecified atom stereocenters. The van der Waals surface area contributed by atoms with Crippen molar-refractivity contribution in [1.29, 1.82) is 0 Å². The zero-order chi connectivity index (χ0) is 21.8. The van der Waals surface area contributed by atoms with Crippen LogP contribution in [0.25, 0.3) is 0 Å². The summed E-state index contributed by atoms with van der Waals surface area (Å²) >= 11 is 12.2. The van der Waals surface area contributed by atoms with E-state index in [4.69, 9.17) is 27.9 Å². The Bertz CT molecular complexity index is 1070. The molecule has 0 aliphatic heterocycles. The van der Waals surface area contributed by atoms with Gasteiger partial charge in [-0.15, -0.1) is 0 Å². The Morgan fingerprint density at radius 2 is 1.65 bits per heavy atom. The summed E-state index contributed by atoms with van der Waals surface area (Å²) in [5.74, 6) is 0.191. The van der Waals surface area contributed by atoms with Crippen LogP contribution in [0.5, 0.6) is 11.5 Å². The number of ether oxygens (including phenoxy) is 1. The first-order valence-corrected chi connectivity index (χ1v) is 11.1. The monoisotopic (exact) mass is 455 g/mol. The van der Waals surface area contributed by atoms with Crippen LogP contribution in [0, 0.1) is 0 Å². The number of aromatic hydroxyl groups is 1. The summed E-state index contributed by atoms with van der Waals surface area (Å²) in [6.07, 6.45) is 4.25. The number of halogens is 2. The normalized spacial score (nSPS) is 18.4. The SMILES string of the molecule is O=C(Nc1cc(Cl)ccc1O[C@H]1CCCC[C@H]1c1ccccc1)c1cc(Cl)ccc1O. The van der Waals surface area contributed by atoms with Crippen LogP contribution in [0.1, 0.15) is 47.5 Å². The van der Waals surface area contributed by atoms with Crippen molar-refractivity contribution in [1.82, 2.24) is 0 Å². The van der Waals surface area contributed by atoms with Gasteiger partial charge in [0.15, 0.2) is 0 Å². The predicted molar refractivity (Wildman–Crippen MR) is 125 cm³/mol. The highest BCUT2D eigenvalue weighted by Gasteiger charge is 2.29. The van der Waals surface area contributed by atoms with Gasteiger partial charge < -0.3 is 15.2 Å². The third kappa shape index (κ3) is 5.15. The van der Waals surface area contributed by atoms with Crippen molar-refractivity contribution in [2.45, 2.75) is 37.7 Å². The van der Waals surface area contributed by atoms with Gasteiger partial charge in [0.1, 0.15) is 17.6 Å². The summed E-state index contributed by atoms with van der Waals surface area (Å²) in [7, 11) is 0. The molecule has 1 amide bonds. The lowest BCUT2D eigenvalue weighted by molar-refractivity contribution is 0.102. The average molecular weight is 456 g/mol. The van der Waals surface area contributed by atoms with Crippen LogP contribution >= 0.6 is 23.2 Å². The van der Waals surface area contributed by atoms with E-state index in [1.165, 1.54) is 23.8 Å². The van der Waals surface area contributed by atoms with E-state index in [1.807, 2.05) is 18.2 Å². The molecule has 0 saturated heterocycles. The van der Waals surface area contributed by atoms with E-state index in [0.717, 1.165) is 25.7 Å². The van der Waals surface area contributed by atoms with Gasteiger partial charge in [0.2, 0.25) is 0 Å². The Morgan fingerprint density at radius 1 is 0.935 bits per heavy atom. The molecule has 1 aliphatic rings. The van der Waals surface area contributed by atoms with Crippen molar-refractivity contribution in [3.05, 3.63) is 87.9 Å². The van der Waals surface area contributed by atoms with Gasteiger partial charge in [0, 0.05) is 16.0 Å². The van der Waals surface area contributed by atoms with Crippen molar-refractivity contribution in [2.24, 2.45) is 0 Å². The fraction of sp³-hybridized carbons (Fsp3) is 0.240. The Balaban J connectivity index is 1.59. The van der Waals surface area contributed by atoms with Crippen molar-refractivity contribution in [2.75, 3.05) is 5.32 Å². The van der Waals surface area contributed by atoms with E-state index in [1.54, 1.807) is 18.2 Å². The summed E-state index contributed by atoms with van der Waals surface area (Å²) < 4.78 is 6.44. The van der Waals surface area contributed by atoms with Gasteiger partial charge in [-0.1, -0.05) is 60.0 Å². The number of anilines is 1. The van der Waals surface area contributed by atoms with Crippen LogP contribution in [0.3, 0.4) is 0 Å². The maximum Gasteiger partial charge on any atom is 0.259 e. The molecule has 4 nitrogen and oxygen atoms in total. The van der Waals surface area contributed by atoms with Gasteiger partial charge >= 0.3 is 0 Å². The summed E-state index contributed by atoms with van der Waals surface area (Å²) in [4.78, 5) is 12.8. The molecule has 1 aliphatic carbocycles. The molecule has 160 valence electrons. The number of phenolic OH excluding ortho intramolecular Hbond substituents is 1. The number of nitrogens with one attached hydrogen (secondary N) is 1. The molecule has 1 fully saturated rings. The number of carbonyl (C=O) groups excluding carboxylic acids is 1. The summed E-state index contributed by atoms with van der Waals surface area (Å²) in [6.45, 7) is 0. The molecule has 3 aromatic carbocycles. The van der Waals surface area contributed by atoms with E-state index in [-0.39, 0.29) is 23.3 Å². The molecule has 4 rings (SSSR count). The average Bonchev–Trinajstić information content (AvgIpc) is 2.78. The number of benzene rings is 3. The van der Waals surface area contributed by atoms with E-state index in [2.05, 4.69) is 17.4 Å². The third-order valence-electron chi connectivity index (χ3n) is 5.60. The number of rotatable bonds is 5. The van der Waals surface area contributed by atoms with E-state index in [0.29, 0.717) is 21.5 Å². The fourth-order valence-electron chi connectivity index (χ4n) is 4.06. The zero-order valence-electron chi connectivity index (χ0n) is 16.9. The minimum atomic E-state index is -0.490. The first kappa shape index (κ1) is 21.5. The molecular weight excluding hydrogens is 433 g/mol. The van der Waals surface area contributed by atoms with Crippen molar-refractivity contribution < 1.29 is 14.6 Å². The lowest BCUT2D eigenvalue weighted by Crippen LogP contribution is -2.29. The van der Waals surface area contributed by atoms with Crippen LogP contribution in [-0.4, -0.2) is 17.1 Å². The molecule has 0 heterocycles. The maximum absolute atomic E-state index is 12.8. The lowest BCUT2D eigenvalue weighted by atomic mass is 9.81. The minimum Gasteiger partial charge on any atom is -0.507 e. The second-order valence-electron chi connectivity index (χ2n) is 7.71. The molecular formula is C25H23Cl2NO3. The Labute approximate surface area is 191 Å². The Kier molecular flexibility index (Phi) is 6.69. The minimum absolute atomic E-state index is 0.00690. The first-order chi connectivity index (χ1) is 15.0. The molecule has 2 N–H and O–H groups in total. The van der Waals surface area contributed by atoms with Gasteiger partial charge in [-0.05, 0) is 61.2 Å². The second-order valence-corrected chi connectivity index (χ2v) is 8.59. The molecule has 2 atom stereocenters. The standard InChI is InChI=1S/C25H23Cl2NO3/c26-17-10-12-22(29)20(14-17)25(30)28-21-15-18(27)11-13-24(21)31-23-9-5-4-8-19(23)16-6-2-1-3-7-16/h1-3,6-7,10-15,19,23,29H,4-5,8-9H2,(H,28,30)/t19-,23-/m0/s1. The zero-order valence-corrected chi connectivity index (χ0v) is 18.4. The highest BCUT2D eigenvalue weighted by atomic mass is 35.5. The van der Waals surface area contributed by atoms with Crippen LogP contribution < -0.4 is 10.1 Å². The van der Waals surface area contributed by atoms with Gasteiger partial charge in [0.05, 0.1) is 11.3 Å². The van der Waals surface area contributed by atoms with Crippen LogP contribution in [0.4, 0.5) is 5.69 Å². The summed E-state index contributed by atoms with van der Waals surface area (Å²) in [5.41, 5.74) is 1.79. The quantitative estimate of drug-likeness (QED) is 0.432. The highest BCUT2D eigenvalue weighted by molar-refractivity contribution is 6.31. The highest BCUT2D eigenvalue weighted by Crippen LogP contribution is 2.38. The van der Waals surface area contributed by atoms with E-state index < -0.39 is 5.91 Å². The van der Waals surface area contributed by atoms with Crippen molar-refractivity contribution in [3.63, 3.8) is 0 Å². The van der Waals surface area contributed by atoms with Crippen LogP contribution in [-0.2, 0) is 0 Å².